The van der Waals surface area contributed by atoms with Gasteiger partial charge in [-0.2, -0.15) is 0 Å². The van der Waals surface area contributed by atoms with Crippen LogP contribution in [-0.2, 0) is 10.4 Å². The highest BCUT2D eigenvalue weighted by Crippen LogP contribution is 2.40. The molecule has 1 aromatic heterocycles. The van der Waals surface area contributed by atoms with E-state index < -0.39 is 11.5 Å². The van der Waals surface area contributed by atoms with Crippen molar-refractivity contribution < 1.29 is 9.90 Å². The summed E-state index contributed by atoms with van der Waals surface area (Å²) in [6, 6.07) is 9.94. The first-order valence-electron chi connectivity index (χ1n) is 5.38. The van der Waals surface area contributed by atoms with Crippen LogP contribution in [0.5, 0.6) is 0 Å². The number of rotatable bonds is 1. The number of amides is 1. The van der Waals surface area contributed by atoms with Crippen LogP contribution in [0.15, 0.2) is 42.6 Å². The third-order valence-electron chi connectivity index (χ3n) is 2.98. The third kappa shape index (κ3) is 1.43. The Kier molecular flexibility index (Phi) is 2.36. The van der Waals surface area contributed by atoms with Gasteiger partial charge in [0.05, 0.1) is 5.69 Å². The van der Waals surface area contributed by atoms with E-state index in [2.05, 4.69) is 10.3 Å². The Morgan fingerprint density at radius 3 is 2.83 bits per heavy atom. The fourth-order valence-electron chi connectivity index (χ4n) is 2.09. The Labute approximate surface area is 108 Å². The Morgan fingerprint density at radius 1 is 1.28 bits per heavy atom. The lowest BCUT2D eigenvalue weighted by atomic mass is 9.91. The number of nitrogens with one attached hydrogen (secondary N) is 1. The maximum absolute atomic E-state index is 12.0. The molecule has 0 saturated heterocycles. The fraction of sp³-hybridized carbons (Fsp3) is 0.0769. The molecule has 1 aliphatic rings. The van der Waals surface area contributed by atoms with Crippen molar-refractivity contribution in [3.05, 3.63) is 58.9 Å². The minimum absolute atomic E-state index is 0.281. The molecule has 1 atom stereocenters. The molecule has 2 aromatic rings. The topological polar surface area (TPSA) is 62.2 Å². The zero-order valence-corrected chi connectivity index (χ0v) is 9.98. The van der Waals surface area contributed by atoms with Crippen molar-refractivity contribution in [3.8, 4) is 0 Å². The van der Waals surface area contributed by atoms with E-state index in [4.69, 9.17) is 11.6 Å². The molecule has 0 bridgehead atoms. The van der Waals surface area contributed by atoms with Gasteiger partial charge in [0.25, 0.3) is 5.91 Å². The van der Waals surface area contributed by atoms with Crippen molar-refractivity contribution in [2.45, 2.75) is 5.60 Å². The minimum Gasteiger partial charge on any atom is -0.370 e. The van der Waals surface area contributed by atoms with Gasteiger partial charge in [-0.3, -0.25) is 9.78 Å². The van der Waals surface area contributed by atoms with Gasteiger partial charge in [0.15, 0.2) is 0 Å². The first-order valence-corrected chi connectivity index (χ1v) is 5.75. The molecule has 5 heteroatoms. The summed E-state index contributed by atoms with van der Waals surface area (Å²) in [4.78, 5) is 16.1. The number of hydrogen-bond donors (Lipinski definition) is 2. The van der Waals surface area contributed by atoms with Gasteiger partial charge in [0.1, 0.15) is 0 Å². The summed E-state index contributed by atoms with van der Waals surface area (Å²) < 4.78 is 0. The van der Waals surface area contributed by atoms with Crippen LogP contribution in [0.1, 0.15) is 11.3 Å². The highest BCUT2D eigenvalue weighted by Gasteiger charge is 2.48. The fourth-order valence-corrected chi connectivity index (χ4v) is 2.26. The summed E-state index contributed by atoms with van der Waals surface area (Å²) in [5.74, 6) is -0.515. The summed E-state index contributed by atoms with van der Waals surface area (Å²) in [5, 5.41) is 13.8. The molecule has 1 aliphatic heterocycles. The molecular weight excluding hydrogens is 252 g/mol. The summed E-state index contributed by atoms with van der Waals surface area (Å²) in [6.45, 7) is 0. The highest BCUT2D eigenvalue weighted by atomic mass is 35.5. The number of aliphatic hydroxyl groups is 1. The molecule has 4 nitrogen and oxygen atoms in total. The van der Waals surface area contributed by atoms with Crippen LogP contribution in [-0.4, -0.2) is 16.0 Å². The molecule has 90 valence electrons. The van der Waals surface area contributed by atoms with Crippen LogP contribution in [0.2, 0.25) is 5.02 Å². The van der Waals surface area contributed by atoms with E-state index in [-0.39, 0.29) is 5.69 Å². The van der Waals surface area contributed by atoms with Crippen LogP contribution < -0.4 is 5.32 Å². The number of carbonyl (C=O) groups excluding carboxylic acids is 1. The molecule has 3 rings (SSSR count). The molecule has 0 saturated carbocycles. The zero-order valence-electron chi connectivity index (χ0n) is 9.22. The van der Waals surface area contributed by atoms with E-state index in [1.54, 1.807) is 36.4 Å². The quantitative estimate of drug-likeness (QED) is 0.824. The van der Waals surface area contributed by atoms with E-state index in [9.17, 15) is 9.90 Å². The van der Waals surface area contributed by atoms with Crippen molar-refractivity contribution in [1.29, 1.82) is 0 Å². The number of nitrogens with zero attached hydrogens (tertiary/aromatic N) is 1. The Bertz CT molecular complexity index is 630. The maximum Gasteiger partial charge on any atom is 0.267 e. The van der Waals surface area contributed by atoms with Crippen LogP contribution in [0.3, 0.4) is 0 Å². The van der Waals surface area contributed by atoms with Gasteiger partial charge in [-0.15, -0.1) is 0 Å². The number of anilines is 1. The Balaban J connectivity index is 2.25. The van der Waals surface area contributed by atoms with E-state index in [0.717, 1.165) is 0 Å². The number of hydrogen-bond acceptors (Lipinski definition) is 3. The normalized spacial score (nSPS) is 21.6. The van der Waals surface area contributed by atoms with Gasteiger partial charge in [-0.05, 0) is 30.3 Å². The minimum atomic E-state index is -1.78. The predicted octanol–water partition coefficient (Wildman–Crippen LogP) is 1.92. The number of benzene rings is 1. The SMILES string of the molecule is O=C1Nc2ccc(Cl)cc2C1(O)c1ccccn1. The van der Waals surface area contributed by atoms with Crippen LogP contribution in [0, 0.1) is 0 Å². The Morgan fingerprint density at radius 2 is 2.11 bits per heavy atom. The van der Waals surface area contributed by atoms with Gasteiger partial charge in [-0.25, -0.2) is 0 Å². The molecule has 0 spiro atoms. The largest absolute Gasteiger partial charge is 0.370 e. The van der Waals surface area contributed by atoms with Gasteiger partial charge >= 0.3 is 0 Å². The standard InChI is InChI=1S/C13H9ClN2O2/c14-8-4-5-10-9(7-8)13(18,12(17)16-10)11-3-1-2-6-15-11/h1-7,18H,(H,16,17). The smallest absolute Gasteiger partial charge is 0.267 e. The van der Waals surface area contributed by atoms with E-state index in [1.807, 2.05) is 0 Å². The molecule has 1 amide bonds. The average molecular weight is 261 g/mol. The van der Waals surface area contributed by atoms with Gasteiger partial charge < -0.3 is 10.4 Å². The zero-order chi connectivity index (χ0) is 12.8. The molecule has 0 aliphatic carbocycles. The number of carbonyl (C=O) groups is 1. The second-order valence-electron chi connectivity index (χ2n) is 4.07. The van der Waals surface area contributed by atoms with Gasteiger partial charge in [-0.1, -0.05) is 17.7 Å². The van der Waals surface area contributed by atoms with Crippen LogP contribution in [0.25, 0.3) is 0 Å². The Hall–Kier alpha value is -1.91. The first kappa shape index (κ1) is 11.2. The number of halogens is 1. The van der Waals surface area contributed by atoms with Crippen molar-refractivity contribution in [2.75, 3.05) is 5.32 Å². The van der Waals surface area contributed by atoms with E-state index in [0.29, 0.717) is 16.3 Å². The molecular formula is C13H9ClN2O2. The van der Waals surface area contributed by atoms with Crippen molar-refractivity contribution >= 4 is 23.2 Å². The number of fused-ring (bicyclic) bond motifs is 1. The third-order valence-corrected chi connectivity index (χ3v) is 3.22. The number of aromatic nitrogens is 1. The van der Waals surface area contributed by atoms with Crippen molar-refractivity contribution in [1.82, 2.24) is 4.98 Å². The van der Waals surface area contributed by atoms with Gasteiger partial charge in [0, 0.05) is 22.5 Å². The predicted molar refractivity (Wildman–Crippen MR) is 67.3 cm³/mol. The molecule has 18 heavy (non-hydrogen) atoms. The molecule has 0 radical (unpaired) electrons. The average Bonchev–Trinajstić information content (AvgIpc) is 2.64. The maximum atomic E-state index is 12.0. The molecule has 2 N–H and O–H groups in total. The molecule has 1 unspecified atom stereocenters. The lowest BCUT2D eigenvalue weighted by Gasteiger charge is -2.19. The van der Waals surface area contributed by atoms with Crippen molar-refractivity contribution in [2.24, 2.45) is 0 Å². The molecule has 0 fully saturated rings. The van der Waals surface area contributed by atoms with E-state index in [1.165, 1.54) is 6.20 Å². The lowest BCUT2D eigenvalue weighted by Crippen LogP contribution is -2.36. The highest BCUT2D eigenvalue weighted by molar-refractivity contribution is 6.31. The summed E-state index contributed by atoms with van der Waals surface area (Å²) >= 11 is 5.92. The summed E-state index contributed by atoms with van der Waals surface area (Å²) in [6.07, 6.45) is 1.53. The van der Waals surface area contributed by atoms with Gasteiger partial charge in [0.2, 0.25) is 5.60 Å². The van der Waals surface area contributed by atoms with Crippen molar-refractivity contribution in [3.63, 3.8) is 0 Å². The first-order chi connectivity index (χ1) is 8.62. The second-order valence-corrected chi connectivity index (χ2v) is 4.51. The molecule has 2 heterocycles. The molecule has 1 aromatic carbocycles. The van der Waals surface area contributed by atoms with Crippen LogP contribution >= 0.6 is 11.6 Å². The van der Waals surface area contributed by atoms with E-state index >= 15 is 0 Å². The second kappa shape index (κ2) is 3.80. The summed E-state index contributed by atoms with van der Waals surface area (Å²) in [7, 11) is 0. The lowest BCUT2D eigenvalue weighted by molar-refractivity contribution is -0.130. The summed E-state index contributed by atoms with van der Waals surface area (Å²) in [5.41, 5.74) is -0.513. The monoisotopic (exact) mass is 260 g/mol. The van der Waals surface area contributed by atoms with Crippen LogP contribution in [0.4, 0.5) is 5.69 Å². The number of pyridine rings is 1.